The van der Waals surface area contributed by atoms with Crippen LogP contribution in [0.15, 0.2) is 41.3 Å². The molecule has 2 heterocycles. The van der Waals surface area contributed by atoms with Gasteiger partial charge in [0.25, 0.3) is 11.7 Å². The number of thiophene rings is 1. The average molecular weight is 428 g/mol. The van der Waals surface area contributed by atoms with Gasteiger partial charge in [0.15, 0.2) is 0 Å². The van der Waals surface area contributed by atoms with Gasteiger partial charge in [-0.05, 0) is 54.5 Å². The second-order valence-electron chi connectivity index (χ2n) is 8.05. The van der Waals surface area contributed by atoms with E-state index < -0.39 is 17.7 Å². The maximum absolute atomic E-state index is 12.9. The minimum atomic E-state index is -0.625. The Kier molecular flexibility index (Phi) is 6.98. The van der Waals surface area contributed by atoms with E-state index in [0.717, 1.165) is 29.0 Å². The lowest BCUT2D eigenvalue weighted by molar-refractivity contribution is -0.139. The Morgan fingerprint density at radius 3 is 2.63 bits per heavy atom. The van der Waals surface area contributed by atoms with Crippen LogP contribution in [0, 0.1) is 12.8 Å². The summed E-state index contributed by atoms with van der Waals surface area (Å²) in [4.78, 5) is 28.1. The van der Waals surface area contributed by atoms with Crippen molar-refractivity contribution in [3.8, 4) is 5.75 Å². The van der Waals surface area contributed by atoms with E-state index >= 15 is 0 Å². The van der Waals surface area contributed by atoms with Gasteiger partial charge >= 0.3 is 0 Å². The summed E-state index contributed by atoms with van der Waals surface area (Å²) >= 11 is 1.48. The summed E-state index contributed by atoms with van der Waals surface area (Å²) in [6.45, 7) is 9.20. The molecule has 1 aromatic heterocycles. The van der Waals surface area contributed by atoms with Crippen LogP contribution in [-0.2, 0) is 9.59 Å². The molecular formula is C24H29NO4S. The quantitative estimate of drug-likeness (QED) is 0.352. The summed E-state index contributed by atoms with van der Waals surface area (Å²) in [6.07, 6.45) is 1.72. The van der Waals surface area contributed by atoms with Crippen molar-refractivity contribution in [1.82, 2.24) is 4.90 Å². The normalized spacial score (nSPS) is 18.4. The summed E-state index contributed by atoms with van der Waals surface area (Å²) in [5, 5.41) is 13.0. The molecule has 1 aliphatic rings. The van der Waals surface area contributed by atoms with Crippen molar-refractivity contribution in [2.24, 2.45) is 5.92 Å². The van der Waals surface area contributed by atoms with E-state index in [0.29, 0.717) is 24.6 Å². The number of aliphatic hydroxyl groups excluding tert-OH is 1. The number of hydrogen-bond donors (Lipinski definition) is 1. The fraction of sp³-hybridized carbons (Fsp3) is 0.417. The van der Waals surface area contributed by atoms with Gasteiger partial charge in [-0.2, -0.15) is 0 Å². The molecule has 0 aliphatic carbocycles. The number of aliphatic hydroxyl groups is 1. The van der Waals surface area contributed by atoms with Gasteiger partial charge in [0.1, 0.15) is 11.5 Å². The van der Waals surface area contributed by atoms with E-state index in [1.807, 2.05) is 31.4 Å². The molecule has 1 unspecified atom stereocenters. The van der Waals surface area contributed by atoms with Gasteiger partial charge in [0.2, 0.25) is 0 Å². The molecule has 3 rings (SSSR count). The zero-order valence-electron chi connectivity index (χ0n) is 18.0. The van der Waals surface area contributed by atoms with Crippen LogP contribution in [0.3, 0.4) is 0 Å². The number of benzene rings is 1. The molecule has 2 aromatic rings. The summed E-state index contributed by atoms with van der Waals surface area (Å²) in [5.41, 5.74) is 1.54. The number of aryl methyl sites for hydroxylation is 1. The Labute approximate surface area is 182 Å². The number of carbonyl (C=O) groups is 2. The SMILES string of the molecule is CCCCN1C(=O)C(=O)/C(=C(\O)c2ccc(OCC(C)C)c(C)c2)C1c1cccs1. The number of ketones is 1. The number of rotatable bonds is 8. The first kappa shape index (κ1) is 22.1. The van der Waals surface area contributed by atoms with Crippen LogP contribution in [0.1, 0.15) is 55.7 Å². The average Bonchev–Trinajstić information content (AvgIpc) is 3.32. The second kappa shape index (κ2) is 9.47. The molecule has 6 heteroatoms. The third-order valence-corrected chi connectivity index (χ3v) is 6.05. The Morgan fingerprint density at radius 2 is 2.03 bits per heavy atom. The Balaban J connectivity index is 2.02. The van der Waals surface area contributed by atoms with Gasteiger partial charge in [-0.1, -0.05) is 33.3 Å². The first-order valence-electron chi connectivity index (χ1n) is 10.4. The molecular weight excluding hydrogens is 398 g/mol. The fourth-order valence-corrected chi connectivity index (χ4v) is 4.40. The van der Waals surface area contributed by atoms with Crippen LogP contribution in [0.2, 0.25) is 0 Å². The minimum absolute atomic E-state index is 0.135. The van der Waals surface area contributed by atoms with Crippen LogP contribution < -0.4 is 4.74 Å². The maximum Gasteiger partial charge on any atom is 0.295 e. The minimum Gasteiger partial charge on any atom is -0.507 e. The highest BCUT2D eigenvalue weighted by Crippen LogP contribution is 2.41. The third kappa shape index (κ3) is 4.43. The molecule has 0 bridgehead atoms. The van der Waals surface area contributed by atoms with Crippen molar-refractivity contribution in [3.05, 3.63) is 57.3 Å². The van der Waals surface area contributed by atoms with E-state index in [-0.39, 0.29) is 11.3 Å². The van der Waals surface area contributed by atoms with Crippen molar-refractivity contribution in [2.45, 2.75) is 46.6 Å². The summed E-state index contributed by atoms with van der Waals surface area (Å²) in [6, 6.07) is 8.60. The zero-order valence-corrected chi connectivity index (χ0v) is 18.8. The van der Waals surface area contributed by atoms with Crippen molar-refractivity contribution < 1.29 is 19.4 Å². The van der Waals surface area contributed by atoms with Crippen molar-refractivity contribution >= 4 is 28.8 Å². The topological polar surface area (TPSA) is 66.8 Å². The highest BCUT2D eigenvalue weighted by atomic mass is 32.1. The van der Waals surface area contributed by atoms with E-state index in [9.17, 15) is 14.7 Å². The molecule has 1 atom stereocenters. The van der Waals surface area contributed by atoms with Crippen LogP contribution in [0.4, 0.5) is 0 Å². The summed E-state index contributed by atoms with van der Waals surface area (Å²) in [7, 11) is 0. The van der Waals surface area contributed by atoms with Gasteiger partial charge in [-0.25, -0.2) is 0 Å². The number of unbranched alkanes of at least 4 members (excludes halogenated alkanes) is 1. The lowest BCUT2D eigenvalue weighted by atomic mass is 9.98. The molecule has 0 radical (unpaired) electrons. The molecule has 30 heavy (non-hydrogen) atoms. The smallest absolute Gasteiger partial charge is 0.295 e. The molecule has 1 N–H and O–H groups in total. The van der Waals surface area contributed by atoms with E-state index in [1.165, 1.54) is 11.3 Å². The largest absolute Gasteiger partial charge is 0.507 e. The van der Waals surface area contributed by atoms with Crippen molar-refractivity contribution in [2.75, 3.05) is 13.2 Å². The van der Waals surface area contributed by atoms with Gasteiger partial charge < -0.3 is 14.7 Å². The summed E-state index contributed by atoms with van der Waals surface area (Å²) < 4.78 is 5.81. The molecule has 1 amide bonds. The highest BCUT2D eigenvalue weighted by Gasteiger charge is 2.46. The molecule has 1 fully saturated rings. The molecule has 1 aromatic carbocycles. The van der Waals surface area contributed by atoms with Crippen molar-refractivity contribution in [3.63, 3.8) is 0 Å². The number of likely N-dealkylation sites (tertiary alicyclic amines) is 1. The van der Waals surface area contributed by atoms with E-state index in [4.69, 9.17) is 4.74 Å². The third-order valence-electron chi connectivity index (χ3n) is 5.13. The second-order valence-corrected chi connectivity index (χ2v) is 9.03. The Morgan fingerprint density at radius 1 is 1.27 bits per heavy atom. The molecule has 1 saturated heterocycles. The zero-order chi connectivity index (χ0) is 21.8. The molecule has 0 saturated carbocycles. The predicted molar refractivity (Wildman–Crippen MR) is 120 cm³/mol. The molecule has 160 valence electrons. The number of Topliss-reactive ketones (excluding diaryl/α,β-unsaturated/α-hetero) is 1. The van der Waals surface area contributed by atoms with Gasteiger partial charge in [0.05, 0.1) is 18.2 Å². The summed E-state index contributed by atoms with van der Waals surface area (Å²) in [5.74, 6) is -0.151. The number of ether oxygens (including phenoxy) is 1. The van der Waals surface area contributed by atoms with Crippen molar-refractivity contribution in [1.29, 1.82) is 0 Å². The molecule has 5 nitrogen and oxygen atoms in total. The maximum atomic E-state index is 12.9. The molecule has 0 spiro atoms. The monoisotopic (exact) mass is 427 g/mol. The van der Waals surface area contributed by atoms with Crippen LogP contribution in [-0.4, -0.2) is 34.8 Å². The Bertz CT molecular complexity index is 946. The van der Waals surface area contributed by atoms with Crippen LogP contribution >= 0.6 is 11.3 Å². The highest BCUT2D eigenvalue weighted by molar-refractivity contribution is 7.10. The standard InChI is InChI=1S/C24H29NO4S/c1-5-6-11-25-21(19-8-7-12-30-19)20(23(27)24(25)28)22(26)17-9-10-18(16(4)13-17)29-14-15(2)3/h7-10,12-13,15,21,26H,5-6,11,14H2,1-4H3/b22-20-. The van der Waals surface area contributed by atoms with Crippen LogP contribution in [0.25, 0.3) is 5.76 Å². The van der Waals surface area contributed by atoms with E-state index in [1.54, 1.807) is 23.1 Å². The van der Waals surface area contributed by atoms with Gasteiger partial charge in [0, 0.05) is 17.0 Å². The van der Waals surface area contributed by atoms with Crippen LogP contribution in [0.5, 0.6) is 5.75 Å². The molecule has 1 aliphatic heterocycles. The fourth-order valence-electron chi connectivity index (χ4n) is 3.55. The predicted octanol–water partition coefficient (Wildman–Crippen LogP) is 5.31. The first-order valence-corrected chi connectivity index (χ1v) is 11.3. The number of carbonyl (C=O) groups excluding carboxylic acids is 2. The van der Waals surface area contributed by atoms with Gasteiger partial charge in [-0.15, -0.1) is 11.3 Å². The number of hydrogen-bond acceptors (Lipinski definition) is 5. The first-order chi connectivity index (χ1) is 14.3. The lowest BCUT2D eigenvalue weighted by Gasteiger charge is -2.23. The lowest BCUT2D eigenvalue weighted by Crippen LogP contribution is -2.30. The number of nitrogens with zero attached hydrogens (tertiary/aromatic N) is 1. The van der Waals surface area contributed by atoms with Gasteiger partial charge in [-0.3, -0.25) is 9.59 Å². The Hall–Kier alpha value is -2.60. The van der Waals surface area contributed by atoms with E-state index in [2.05, 4.69) is 13.8 Å². The number of amides is 1.